The maximum absolute atomic E-state index is 12.6. The van der Waals surface area contributed by atoms with Crippen molar-refractivity contribution in [3.8, 4) is 0 Å². The van der Waals surface area contributed by atoms with Crippen LogP contribution in [0, 0.1) is 0 Å². The molecule has 0 aliphatic heterocycles. The highest BCUT2D eigenvalue weighted by molar-refractivity contribution is 7.88. The second-order valence-electron chi connectivity index (χ2n) is 2.88. The van der Waals surface area contributed by atoms with Crippen molar-refractivity contribution in [1.82, 2.24) is 0 Å². The maximum Gasteiger partial charge on any atom is 0.311 e. The summed E-state index contributed by atoms with van der Waals surface area (Å²) in [5.74, 6) is -0.531. The lowest BCUT2D eigenvalue weighted by Crippen LogP contribution is -2.30. The van der Waals surface area contributed by atoms with Crippen LogP contribution in [0.15, 0.2) is 24.1 Å². The van der Waals surface area contributed by atoms with Crippen LogP contribution >= 0.6 is 0 Å². The Bertz CT molecular complexity index is 342. The third-order valence-corrected chi connectivity index (χ3v) is 3.27. The van der Waals surface area contributed by atoms with Gasteiger partial charge >= 0.3 is 10.2 Å². The average Bonchev–Trinajstić information content (AvgIpc) is 1.93. The first-order valence-corrected chi connectivity index (χ1v) is 4.73. The van der Waals surface area contributed by atoms with E-state index in [0.717, 1.165) is 18.2 Å². The van der Waals surface area contributed by atoms with Crippen LogP contribution in [0.25, 0.3) is 0 Å². The molecule has 1 unspecified atom stereocenters. The molecule has 0 amide bonds. The summed E-state index contributed by atoms with van der Waals surface area (Å²) in [5.41, 5.74) is 0. The van der Waals surface area contributed by atoms with Gasteiger partial charge in [-0.1, -0.05) is 6.08 Å². The predicted molar refractivity (Wildman–Crippen MR) is 41.4 cm³/mol. The Kier molecular flexibility index (Phi) is 2.07. The van der Waals surface area contributed by atoms with Crippen molar-refractivity contribution in [3.05, 3.63) is 24.1 Å². The molecule has 1 rings (SSSR count). The summed E-state index contributed by atoms with van der Waals surface area (Å²) in [6.07, 6.45) is 2.88. The molecule has 0 fully saturated rings. The molecule has 0 aromatic rings. The van der Waals surface area contributed by atoms with Crippen LogP contribution in [0.5, 0.6) is 0 Å². The van der Waals surface area contributed by atoms with Crippen LogP contribution in [0.2, 0.25) is 0 Å². The van der Waals surface area contributed by atoms with Crippen molar-refractivity contribution in [2.75, 3.05) is 0 Å². The van der Waals surface area contributed by atoms with E-state index >= 15 is 0 Å². The minimum atomic E-state index is -4.65. The molecule has 12 heavy (non-hydrogen) atoms. The molecule has 0 N–H and O–H groups in total. The van der Waals surface area contributed by atoms with Crippen molar-refractivity contribution in [2.45, 2.75) is 18.1 Å². The molecule has 1 aliphatic carbocycles. The van der Waals surface area contributed by atoms with E-state index in [2.05, 4.69) is 0 Å². The highest BCUT2D eigenvalue weighted by Crippen LogP contribution is 2.30. The lowest BCUT2D eigenvalue weighted by molar-refractivity contribution is 0.512. The summed E-state index contributed by atoms with van der Waals surface area (Å²) in [6.45, 7) is 1.21. The fraction of sp³-hybridized carbons (Fsp3) is 0.429. The molecular formula is C7H8F2O2S. The topological polar surface area (TPSA) is 34.1 Å². The molecule has 0 spiro atoms. The highest BCUT2D eigenvalue weighted by Gasteiger charge is 2.37. The third kappa shape index (κ3) is 1.55. The van der Waals surface area contributed by atoms with Crippen molar-refractivity contribution in [1.29, 1.82) is 0 Å². The molecule has 2 nitrogen and oxygen atoms in total. The van der Waals surface area contributed by atoms with Gasteiger partial charge in [0.05, 0.1) is 0 Å². The van der Waals surface area contributed by atoms with E-state index in [1.807, 2.05) is 0 Å². The smallest absolute Gasteiger partial charge is 0.207 e. The SMILES string of the molecule is CC1(S(=O)(=O)F)C=CC(F)=CC1. The molecule has 0 aromatic carbocycles. The van der Waals surface area contributed by atoms with Crippen LogP contribution in [-0.4, -0.2) is 13.2 Å². The van der Waals surface area contributed by atoms with E-state index in [1.54, 1.807) is 0 Å². The van der Waals surface area contributed by atoms with Crippen LogP contribution in [0.4, 0.5) is 8.28 Å². The van der Waals surface area contributed by atoms with E-state index in [1.165, 1.54) is 6.92 Å². The van der Waals surface area contributed by atoms with Gasteiger partial charge in [0.25, 0.3) is 0 Å². The molecule has 0 saturated heterocycles. The zero-order valence-electron chi connectivity index (χ0n) is 6.42. The first kappa shape index (κ1) is 9.38. The third-order valence-electron chi connectivity index (χ3n) is 1.85. The molecule has 0 saturated carbocycles. The van der Waals surface area contributed by atoms with Gasteiger partial charge in [-0.15, -0.1) is 3.89 Å². The zero-order chi connectivity index (χ0) is 9.41. The molecule has 0 aromatic heterocycles. The van der Waals surface area contributed by atoms with Gasteiger partial charge in [-0.3, -0.25) is 0 Å². The van der Waals surface area contributed by atoms with Crippen LogP contribution in [0.1, 0.15) is 13.3 Å². The Hall–Kier alpha value is -0.710. The summed E-state index contributed by atoms with van der Waals surface area (Å²) in [7, 11) is -4.65. The Balaban J connectivity index is 3.02. The van der Waals surface area contributed by atoms with E-state index < -0.39 is 20.8 Å². The Morgan fingerprint density at radius 3 is 2.50 bits per heavy atom. The zero-order valence-corrected chi connectivity index (χ0v) is 7.24. The van der Waals surface area contributed by atoms with Crippen molar-refractivity contribution >= 4 is 10.2 Å². The summed E-state index contributed by atoms with van der Waals surface area (Å²) in [4.78, 5) is 0. The van der Waals surface area contributed by atoms with Crippen LogP contribution in [-0.2, 0) is 10.2 Å². The normalized spacial score (nSPS) is 30.1. The fourth-order valence-corrected chi connectivity index (χ4v) is 1.39. The van der Waals surface area contributed by atoms with E-state index in [4.69, 9.17) is 0 Å². The molecule has 0 bridgehead atoms. The number of halogens is 2. The Labute approximate surface area is 69.8 Å². The summed E-state index contributed by atoms with van der Waals surface area (Å²) in [5, 5.41) is 0. The largest absolute Gasteiger partial charge is 0.311 e. The number of allylic oxidation sites excluding steroid dienone is 3. The lowest BCUT2D eigenvalue weighted by atomic mass is 10.0. The first-order chi connectivity index (χ1) is 5.35. The highest BCUT2D eigenvalue weighted by atomic mass is 32.3. The Morgan fingerprint density at radius 2 is 2.17 bits per heavy atom. The number of rotatable bonds is 1. The second-order valence-corrected chi connectivity index (χ2v) is 4.69. The monoisotopic (exact) mass is 194 g/mol. The fourth-order valence-electron chi connectivity index (χ4n) is 0.873. The number of hydrogen-bond donors (Lipinski definition) is 0. The van der Waals surface area contributed by atoms with Crippen molar-refractivity contribution < 1.29 is 16.7 Å². The molecule has 5 heteroatoms. The maximum atomic E-state index is 12.6. The average molecular weight is 194 g/mol. The van der Waals surface area contributed by atoms with Gasteiger partial charge in [0.1, 0.15) is 10.6 Å². The quantitative estimate of drug-likeness (QED) is 0.597. The molecule has 68 valence electrons. The Morgan fingerprint density at radius 1 is 1.58 bits per heavy atom. The van der Waals surface area contributed by atoms with Gasteiger partial charge in [-0.2, -0.15) is 8.42 Å². The lowest BCUT2D eigenvalue weighted by Gasteiger charge is -2.21. The van der Waals surface area contributed by atoms with Crippen molar-refractivity contribution in [2.24, 2.45) is 0 Å². The number of hydrogen-bond acceptors (Lipinski definition) is 2. The van der Waals surface area contributed by atoms with E-state index in [0.29, 0.717) is 0 Å². The first-order valence-electron chi connectivity index (χ1n) is 3.34. The molecule has 0 radical (unpaired) electrons. The summed E-state index contributed by atoms with van der Waals surface area (Å²) < 4.78 is 44.4. The van der Waals surface area contributed by atoms with Gasteiger partial charge in [0.15, 0.2) is 0 Å². The van der Waals surface area contributed by atoms with E-state index in [-0.39, 0.29) is 6.42 Å². The molecule has 1 atom stereocenters. The van der Waals surface area contributed by atoms with Gasteiger partial charge in [0, 0.05) is 0 Å². The van der Waals surface area contributed by atoms with Crippen LogP contribution in [0.3, 0.4) is 0 Å². The predicted octanol–water partition coefficient (Wildman–Crippen LogP) is 1.86. The minimum Gasteiger partial charge on any atom is -0.207 e. The van der Waals surface area contributed by atoms with Crippen molar-refractivity contribution in [3.63, 3.8) is 0 Å². The summed E-state index contributed by atoms with van der Waals surface area (Å²) in [6, 6.07) is 0. The van der Waals surface area contributed by atoms with Gasteiger partial charge < -0.3 is 0 Å². The van der Waals surface area contributed by atoms with Gasteiger partial charge in [0.2, 0.25) is 0 Å². The van der Waals surface area contributed by atoms with Gasteiger partial charge in [-0.25, -0.2) is 4.39 Å². The molecule has 1 aliphatic rings. The van der Waals surface area contributed by atoms with Crippen LogP contribution < -0.4 is 0 Å². The summed E-state index contributed by atoms with van der Waals surface area (Å²) >= 11 is 0. The van der Waals surface area contributed by atoms with E-state index in [9.17, 15) is 16.7 Å². The standard InChI is InChI=1S/C7H8F2O2S/c1-7(12(9,10)11)4-2-6(8)3-5-7/h2-4H,5H2,1H3. The second kappa shape index (κ2) is 2.65. The molecule has 0 heterocycles. The molecular weight excluding hydrogens is 186 g/mol. The van der Waals surface area contributed by atoms with Gasteiger partial charge in [-0.05, 0) is 25.5 Å². The minimum absolute atomic E-state index is 0.159.